The van der Waals surface area contributed by atoms with Crippen LogP contribution in [0.4, 0.5) is 27.1 Å². The van der Waals surface area contributed by atoms with E-state index < -0.39 is 10.7 Å². The maximum atomic E-state index is 13.2. The van der Waals surface area contributed by atoms with Crippen LogP contribution in [0.3, 0.4) is 0 Å². The second kappa shape index (κ2) is 5.11. The lowest BCUT2D eigenvalue weighted by molar-refractivity contribution is -0.384. The molecule has 0 fully saturated rings. The van der Waals surface area contributed by atoms with Crippen molar-refractivity contribution in [2.24, 2.45) is 0 Å². The first kappa shape index (κ1) is 13.1. The Kier molecular flexibility index (Phi) is 3.52. The number of nitrogens with zero attached hydrogens (tertiary/aromatic N) is 1. The maximum Gasteiger partial charge on any atom is 0.292 e. The first-order chi connectivity index (χ1) is 8.97. The van der Waals surface area contributed by atoms with Gasteiger partial charge in [0.05, 0.1) is 15.6 Å². The molecule has 0 heterocycles. The Morgan fingerprint density at radius 2 is 1.95 bits per heavy atom. The molecule has 0 saturated carbocycles. The van der Waals surface area contributed by atoms with Crippen LogP contribution in [0.15, 0.2) is 36.4 Å². The largest absolute Gasteiger partial charge is 0.399 e. The summed E-state index contributed by atoms with van der Waals surface area (Å²) in [6.45, 7) is 0. The summed E-state index contributed by atoms with van der Waals surface area (Å²) in [4.78, 5) is 10.3. The van der Waals surface area contributed by atoms with Gasteiger partial charge >= 0.3 is 0 Å². The molecule has 98 valence electrons. The number of nitrogens with one attached hydrogen (secondary N) is 1. The monoisotopic (exact) mass is 281 g/mol. The van der Waals surface area contributed by atoms with Crippen molar-refractivity contribution >= 4 is 34.4 Å². The molecule has 0 saturated heterocycles. The van der Waals surface area contributed by atoms with Crippen LogP contribution in [0.2, 0.25) is 5.02 Å². The standard InChI is InChI=1S/C12H9ClFN3O2/c13-9-3-2-8(15)6-10(9)16-11-5-7(14)1-4-12(11)17(18)19/h1-6,16H,15H2. The van der Waals surface area contributed by atoms with Gasteiger partial charge in [0.25, 0.3) is 5.69 Å². The van der Waals surface area contributed by atoms with E-state index in [0.29, 0.717) is 16.4 Å². The summed E-state index contributed by atoms with van der Waals surface area (Å²) < 4.78 is 13.2. The van der Waals surface area contributed by atoms with Gasteiger partial charge in [0, 0.05) is 17.8 Å². The fourth-order valence-electron chi connectivity index (χ4n) is 1.55. The number of hydrogen-bond acceptors (Lipinski definition) is 4. The molecule has 2 aromatic rings. The minimum absolute atomic E-state index is 0.0116. The van der Waals surface area contributed by atoms with E-state index in [-0.39, 0.29) is 11.4 Å². The molecular formula is C12H9ClFN3O2. The lowest BCUT2D eigenvalue weighted by atomic mass is 10.2. The summed E-state index contributed by atoms with van der Waals surface area (Å²) >= 11 is 5.94. The fraction of sp³-hybridized carbons (Fsp3) is 0. The number of hydrogen-bond donors (Lipinski definition) is 2. The van der Waals surface area contributed by atoms with Crippen LogP contribution in [0.25, 0.3) is 0 Å². The number of benzene rings is 2. The number of anilines is 3. The highest BCUT2D eigenvalue weighted by Crippen LogP contribution is 2.32. The third-order valence-electron chi connectivity index (χ3n) is 2.42. The molecule has 0 atom stereocenters. The Hall–Kier alpha value is -2.34. The maximum absolute atomic E-state index is 13.2. The smallest absolute Gasteiger partial charge is 0.292 e. The van der Waals surface area contributed by atoms with Gasteiger partial charge in [-0.3, -0.25) is 10.1 Å². The number of nitro benzene ring substituents is 1. The number of nitro groups is 1. The molecule has 7 heteroatoms. The number of halogens is 2. The topological polar surface area (TPSA) is 81.2 Å². The van der Waals surface area contributed by atoms with Crippen LogP contribution in [0.5, 0.6) is 0 Å². The Morgan fingerprint density at radius 1 is 1.21 bits per heavy atom. The van der Waals surface area contributed by atoms with Crippen LogP contribution in [-0.2, 0) is 0 Å². The normalized spacial score (nSPS) is 10.2. The first-order valence-electron chi connectivity index (χ1n) is 5.23. The van der Waals surface area contributed by atoms with Crippen molar-refractivity contribution in [2.45, 2.75) is 0 Å². The predicted octanol–water partition coefficient (Wildman–Crippen LogP) is 3.71. The molecule has 0 unspecified atom stereocenters. The van der Waals surface area contributed by atoms with Crippen molar-refractivity contribution in [2.75, 3.05) is 11.1 Å². The van der Waals surface area contributed by atoms with Gasteiger partial charge in [-0.05, 0) is 24.3 Å². The molecule has 0 aliphatic carbocycles. The number of rotatable bonds is 3. The summed E-state index contributed by atoms with van der Waals surface area (Å²) in [5.41, 5.74) is 6.17. The molecule has 0 amide bonds. The third-order valence-corrected chi connectivity index (χ3v) is 2.74. The van der Waals surface area contributed by atoms with E-state index in [1.807, 2.05) is 0 Å². The number of nitrogens with two attached hydrogens (primary N) is 1. The van der Waals surface area contributed by atoms with Gasteiger partial charge in [-0.25, -0.2) is 4.39 Å². The lowest BCUT2D eigenvalue weighted by Gasteiger charge is -2.09. The van der Waals surface area contributed by atoms with Crippen LogP contribution >= 0.6 is 11.6 Å². The second-order valence-electron chi connectivity index (χ2n) is 3.78. The zero-order valence-electron chi connectivity index (χ0n) is 9.56. The van der Waals surface area contributed by atoms with Crippen LogP contribution in [-0.4, -0.2) is 4.92 Å². The molecule has 5 nitrogen and oxygen atoms in total. The van der Waals surface area contributed by atoms with Crippen LogP contribution in [0.1, 0.15) is 0 Å². The van der Waals surface area contributed by atoms with Crippen molar-refractivity contribution in [3.8, 4) is 0 Å². The highest BCUT2D eigenvalue weighted by molar-refractivity contribution is 6.33. The van der Waals surface area contributed by atoms with E-state index in [1.165, 1.54) is 6.07 Å². The van der Waals surface area contributed by atoms with Gasteiger partial charge in [0.1, 0.15) is 11.5 Å². The van der Waals surface area contributed by atoms with Crippen molar-refractivity contribution in [3.05, 3.63) is 57.4 Å². The minimum Gasteiger partial charge on any atom is -0.399 e. The van der Waals surface area contributed by atoms with Gasteiger partial charge in [0.2, 0.25) is 0 Å². The molecule has 0 aliphatic heterocycles. The molecule has 0 radical (unpaired) electrons. The lowest BCUT2D eigenvalue weighted by Crippen LogP contribution is -1.99. The van der Waals surface area contributed by atoms with E-state index in [0.717, 1.165) is 18.2 Å². The Labute approximate surface area is 113 Å². The van der Waals surface area contributed by atoms with Crippen molar-refractivity contribution in [3.63, 3.8) is 0 Å². The summed E-state index contributed by atoms with van der Waals surface area (Å²) in [6, 6.07) is 7.77. The highest BCUT2D eigenvalue weighted by Gasteiger charge is 2.15. The average molecular weight is 282 g/mol. The van der Waals surface area contributed by atoms with Gasteiger partial charge in [-0.15, -0.1) is 0 Å². The fourth-order valence-corrected chi connectivity index (χ4v) is 1.72. The summed E-state index contributed by atoms with van der Waals surface area (Å²) in [6.07, 6.45) is 0. The summed E-state index contributed by atoms with van der Waals surface area (Å²) in [5.74, 6) is -0.590. The highest BCUT2D eigenvalue weighted by atomic mass is 35.5. The second-order valence-corrected chi connectivity index (χ2v) is 4.19. The Bertz CT molecular complexity index is 649. The average Bonchev–Trinajstić information content (AvgIpc) is 2.33. The molecule has 3 N–H and O–H groups in total. The van der Waals surface area contributed by atoms with Crippen LogP contribution < -0.4 is 11.1 Å². The summed E-state index contributed by atoms with van der Waals surface area (Å²) in [7, 11) is 0. The van der Waals surface area contributed by atoms with Crippen LogP contribution in [0, 0.1) is 15.9 Å². The Morgan fingerprint density at radius 3 is 2.63 bits per heavy atom. The van der Waals surface area contributed by atoms with Gasteiger partial charge in [-0.2, -0.15) is 0 Å². The molecule has 19 heavy (non-hydrogen) atoms. The molecular weight excluding hydrogens is 273 g/mol. The van der Waals surface area contributed by atoms with E-state index in [9.17, 15) is 14.5 Å². The number of nitrogen functional groups attached to an aromatic ring is 1. The SMILES string of the molecule is Nc1ccc(Cl)c(Nc2cc(F)ccc2[N+](=O)[O-])c1. The van der Waals surface area contributed by atoms with Crippen molar-refractivity contribution < 1.29 is 9.31 Å². The molecule has 2 aromatic carbocycles. The minimum atomic E-state index is -0.609. The van der Waals surface area contributed by atoms with E-state index in [2.05, 4.69) is 5.32 Å². The molecule has 2 rings (SSSR count). The third kappa shape index (κ3) is 2.92. The molecule has 0 aliphatic rings. The van der Waals surface area contributed by atoms with Gasteiger partial charge < -0.3 is 11.1 Å². The van der Waals surface area contributed by atoms with E-state index in [1.54, 1.807) is 12.1 Å². The molecule has 0 aromatic heterocycles. The van der Waals surface area contributed by atoms with E-state index in [4.69, 9.17) is 17.3 Å². The summed E-state index contributed by atoms with van der Waals surface area (Å²) in [5, 5.41) is 13.9. The van der Waals surface area contributed by atoms with Gasteiger partial charge in [-0.1, -0.05) is 11.6 Å². The molecule has 0 bridgehead atoms. The van der Waals surface area contributed by atoms with E-state index >= 15 is 0 Å². The first-order valence-corrected chi connectivity index (χ1v) is 5.61. The predicted molar refractivity (Wildman–Crippen MR) is 72.2 cm³/mol. The Balaban J connectivity index is 2.45. The zero-order chi connectivity index (χ0) is 14.0. The van der Waals surface area contributed by atoms with Crippen molar-refractivity contribution in [1.29, 1.82) is 0 Å². The zero-order valence-corrected chi connectivity index (χ0v) is 10.3. The van der Waals surface area contributed by atoms with Gasteiger partial charge in [0.15, 0.2) is 0 Å². The molecule has 0 spiro atoms. The quantitative estimate of drug-likeness (QED) is 0.510. The van der Waals surface area contributed by atoms with Crippen molar-refractivity contribution in [1.82, 2.24) is 0 Å².